The van der Waals surface area contributed by atoms with Gasteiger partial charge in [-0.15, -0.1) is 11.3 Å². The topological polar surface area (TPSA) is 92.8 Å². The number of nitrogens with one attached hydrogen (secondary N) is 1. The van der Waals surface area contributed by atoms with Gasteiger partial charge in [-0.3, -0.25) is 19.2 Å². The number of esters is 1. The first-order chi connectivity index (χ1) is 14.7. The van der Waals surface area contributed by atoms with Gasteiger partial charge in [0.05, 0.1) is 6.42 Å². The molecule has 0 unspecified atom stereocenters. The zero-order valence-electron chi connectivity index (χ0n) is 18.3. The minimum atomic E-state index is -0.603. The Morgan fingerprint density at radius 1 is 1.00 bits per heavy atom. The number of rotatable bonds is 10. The van der Waals surface area contributed by atoms with Gasteiger partial charge < -0.3 is 15.0 Å². The van der Waals surface area contributed by atoms with Crippen LogP contribution in [-0.2, 0) is 14.3 Å². The molecule has 0 aliphatic heterocycles. The second-order valence-electron chi connectivity index (χ2n) is 7.01. The molecule has 0 spiro atoms. The Labute approximate surface area is 186 Å². The van der Waals surface area contributed by atoms with Gasteiger partial charge in [-0.05, 0) is 58.0 Å². The Balaban J connectivity index is 1.77. The Kier molecular flexibility index (Phi) is 8.93. The van der Waals surface area contributed by atoms with Crippen LogP contribution in [0.4, 0.5) is 5.69 Å². The van der Waals surface area contributed by atoms with Gasteiger partial charge in [0, 0.05) is 46.1 Å². The highest BCUT2D eigenvalue weighted by atomic mass is 32.1. The van der Waals surface area contributed by atoms with E-state index in [0.29, 0.717) is 29.9 Å². The molecule has 8 heteroatoms. The zero-order chi connectivity index (χ0) is 23.0. The first kappa shape index (κ1) is 24.3. The van der Waals surface area contributed by atoms with E-state index < -0.39 is 18.5 Å². The fourth-order valence-electron chi connectivity index (χ4n) is 3.06. The van der Waals surface area contributed by atoms with Gasteiger partial charge in [0.25, 0.3) is 11.8 Å². The SMILES string of the molecule is CCN(CC)C(=O)c1ccc(NC(=O)COC(=O)CCC(=O)c2cc(C)sc2C)cc1. The zero-order valence-corrected chi connectivity index (χ0v) is 19.1. The molecule has 1 aromatic carbocycles. The van der Waals surface area contributed by atoms with Crippen molar-refractivity contribution >= 4 is 40.6 Å². The van der Waals surface area contributed by atoms with Crippen molar-refractivity contribution in [2.45, 2.75) is 40.5 Å². The van der Waals surface area contributed by atoms with Crippen LogP contribution < -0.4 is 5.32 Å². The number of nitrogens with zero attached hydrogens (tertiary/aromatic N) is 1. The fourth-order valence-corrected chi connectivity index (χ4v) is 4.01. The van der Waals surface area contributed by atoms with E-state index in [0.717, 1.165) is 9.75 Å². The molecular weight excluding hydrogens is 416 g/mol. The van der Waals surface area contributed by atoms with Crippen LogP contribution in [-0.4, -0.2) is 48.2 Å². The molecule has 0 radical (unpaired) electrons. The molecule has 0 aliphatic rings. The lowest BCUT2D eigenvalue weighted by molar-refractivity contribution is -0.147. The molecule has 0 bridgehead atoms. The van der Waals surface area contributed by atoms with E-state index in [2.05, 4.69) is 5.32 Å². The van der Waals surface area contributed by atoms with Crippen molar-refractivity contribution in [2.24, 2.45) is 0 Å². The monoisotopic (exact) mass is 444 g/mol. The third-order valence-corrected chi connectivity index (χ3v) is 5.69. The Morgan fingerprint density at radius 2 is 1.65 bits per heavy atom. The van der Waals surface area contributed by atoms with Gasteiger partial charge >= 0.3 is 5.97 Å². The predicted molar refractivity (Wildman–Crippen MR) is 121 cm³/mol. The standard InChI is InChI=1S/C23H28N2O5S/c1-5-25(6-2)23(29)17-7-9-18(10-8-17)24-21(27)14-30-22(28)12-11-20(26)19-13-15(3)31-16(19)4/h7-10,13H,5-6,11-12,14H2,1-4H3,(H,24,27). The van der Waals surface area contributed by atoms with Crippen LogP contribution in [0.3, 0.4) is 0 Å². The van der Waals surface area contributed by atoms with Crippen molar-refractivity contribution < 1.29 is 23.9 Å². The maximum absolute atomic E-state index is 12.3. The smallest absolute Gasteiger partial charge is 0.306 e. The number of carbonyl (C=O) groups is 4. The van der Waals surface area contributed by atoms with Gasteiger partial charge in [0.2, 0.25) is 0 Å². The molecule has 0 saturated heterocycles. The molecule has 2 amide bonds. The number of aryl methyl sites for hydroxylation is 2. The number of ketones is 1. The molecule has 2 rings (SSSR count). The summed E-state index contributed by atoms with van der Waals surface area (Å²) in [6.45, 7) is 8.43. The van der Waals surface area contributed by atoms with Crippen molar-refractivity contribution in [1.82, 2.24) is 4.90 Å². The van der Waals surface area contributed by atoms with Crippen molar-refractivity contribution in [3.63, 3.8) is 0 Å². The molecule has 0 saturated carbocycles. The molecule has 7 nitrogen and oxygen atoms in total. The van der Waals surface area contributed by atoms with Gasteiger partial charge in [-0.1, -0.05) is 0 Å². The van der Waals surface area contributed by atoms with Gasteiger partial charge in [-0.25, -0.2) is 0 Å². The van der Waals surface area contributed by atoms with Gasteiger partial charge in [-0.2, -0.15) is 0 Å². The summed E-state index contributed by atoms with van der Waals surface area (Å²) in [4.78, 5) is 52.1. The average Bonchev–Trinajstić information content (AvgIpc) is 3.09. The molecule has 2 aromatic rings. The lowest BCUT2D eigenvalue weighted by Crippen LogP contribution is -2.30. The molecule has 0 atom stereocenters. The van der Waals surface area contributed by atoms with Crippen LogP contribution in [0.25, 0.3) is 0 Å². The highest BCUT2D eigenvalue weighted by Crippen LogP contribution is 2.22. The molecular formula is C23H28N2O5S. The number of benzene rings is 1. The summed E-state index contributed by atoms with van der Waals surface area (Å²) >= 11 is 1.54. The summed E-state index contributed by atoms with van der Waals surface area (Å²) in [6, 6.07) is 8.35. The second-order valence-corrected chi connectivity index (χ2v) is 8.47. The van der Waals surface area contributed by atoms with Gasteiger partial charge in [0.1, 0.15) is 0 Å². The molecule has 31 heavy (non-hydrogen) atoms. The summed E-state index contributed by atoms with van der Waals surface area (Å²) in [5.41, 5.74) is 1.67. The maximum atomic E-state index is 12.3. The van der Waals surface area contributed by atoms with Crippen molar-refractivity contribution in [2.75, 3.05) is 25.0 Å². The molecule has 0 aliphatic carbocycles. The summed E-state index contributed by atoms with van der Waals surface area (Å²) in [6.07, 6.45) is -0.0396. The maximum Gasteiger partial charge on any atom is 0.306 e. The third-order valence-electron chi connectivity index (χ3n) is 4.73. The number of amides is 2. The van der Waals surface area contributed by atoms with Crippen LogP contribution in [0, 0.1) is 13.8 Å². The number of anilines is 1. The normalized spacial score (nSPS) is 10.5. The molecule has 0 fully saturated rings. The molecule has 1 heterocycles. The number of thiophene rings is 1. The summed E-state index contributed by atoms with van der Waals surface area (Å²) in [5.74, 6) is -1.28. The Bertz CT molecular complexity index is 945. The highest BCUT2D eigenvalue weighted by Gasteiger charge is 2.16. The molecule has 166 valence electrons. The van der Waals surface area contributed by atoms with Crippen molar-refractivity contribution in [3.05, 3.63) is 51.2 Å². The number of hydrogen-bond acceptors (Lipinski definition) is 6. The number of hydrogen-bond donors (Lipinski definition) is 1. The predicted octanol–water partition coefficient (Wildman–Crippen LogP) is 3.99. The Hall–Kier alpha value is -3.00. The van der Waals surface area contributed by atoms with Crippen molar-refractivity contribution in [1.29, 1.82) is 0 Å². The summed E-state index contributed by atoms with van der Waals surface area (Å²) in [5, 5.41) is 2.61. The van der Waals surface area contributed by atoms with Crippen LogP contribution in [0.1, 0.15) is 57.2 Å². The quantitative estimate of drug-likeness (QED) is 0.442. The fraction of sp³-hybridized carbons (Fsp3) is 0.391. The number of Topliss-reactive ketones (excluding diaryl/α,β-unsaturated/α-hetero) is 1. The number of ether oxygens (including phenoxy) is 1. The van der Waals surface area contributed by atoms with E-state index >= 15 is 0 Å². The van der Waals surface area contributed by atoms with Crippen molar-refractivity contribution in [3.8, 4) is 0 Å². The second kappa shape index (κ2) is 11.4. The Morgan fingerprint density at radius 3 is 2.19 bits per heavy atom. The minimum absolute atomic E-state index is 0.0412. The highest BCUT2D eigenvalue weighted by molar-refractivity contribution is 7.12. The minimum Gasteiger partial charge on any atom is -0.456 e. The summed E-state index contributed by atoms with van der Waals surface area (Å²) in [7, 11) is 0. The lowest BCUT2D eigenvalue weighted by atomic mass is 10.1. The van der Waals surface area contributed by atoms with E-state index in [1.807, 2.05) is 33.8 Å². The van der Waals surface area contributed by atoms with E-state index in [4.69, 9.17) is 4.74 Å². The average molecular weight is 445 g/mol. The van der Waals surface area contributed by atoms with Crippen LogP contribution in [0.15, 0.2) is 30.3 Å². The van der Waals surface area contributed by atoms with Crippen LogP contribution in [0.2, 0.25) is 0 Å². The third kappa shape index (κ3) is 7.03. The van der Waals surface area contributed by atoms with E-state index in [1.165, 1.54) is 0 Å². The van der Waals surface area contributed by atoms with Crippen LogP contribution >= 0.6 is 11.3 Å². The molecule has 1 N–H and O–H groups in total. The first-order valence-corrected chi connectivity index (χ1v) is 11.0. The number of carbonyl (C=O) groups excluding carboxylic acids is 4. The lowest BCUT2D eigenvalue weighted by Gasteiger charge is -2.18. The largest absolute Gasteiger partial charge is 0.456 e. The summed E-state index contributed by atoms with van der Waals surface area (Å²) < 4.78 is 4.96. The van der Waals surface area contributed by atoms with Crippen LogP contribution in [0.5, 0.6) is 0 Å². The van der Waals surface area contributed by atoms with E-state index in [1.54, 1.807) is 40.5 Å². The molecule has 1 aromatic heterocycles. The first-order valence-electron chi connectivity index (χ1n) is 10.2. The van der Waals surface area contributed by atoms with E-state index in [-0.39, 0.29) is 24.5 Å². The van der Waals surface area contributed by atoms with Gasteiger partial charge in [0.15, 0.2) is 12.4 Å². The van der Waals surface area contributed by atoms with E-state index in [9.17, 15) is 19.2 Å².